The second-order valence-electron chi connectivity index (χ2n) is 9.34. The lowest BCUT2D eigenvalue weighted by atomic mass is 9.45. The standard InChI is InChI=1S/C22H27N3O2/c1-22(2)15-10-9-14(17(22)12-15)11-19(26)24-25-20(13-7-8-13)23-18-6-4-3-5-16(18)21(25)27/h3-6,13-15,17H,7-12H2,1-2H3,(H,24,26)/t14-,15-,17-/m0/s1. The van der Waals surface area contributed by atoms with E-state index in [1.54, 1.807) is 6.07 Å². The van der Waals surface area contributed by atoms with Crippen molar-refractivity contribution in [1.29, 1.82) is 0 Å². The maximum absolute atomic E-state index is 13.0. The van der Waals surface area contributed by atoms with Crippen LogP contribution in [-0.4, -0.2) is 15.6 Å². The largest absolute Gasteiger partial charge is 0.280 e. The molecule has 1 amide bonds. The number of nitrogens with one attached hydrogen (secondary N) is 1. The molecule has 6 rings (SSSR count). The monoisotopic (exact) mass is 365 g/mol. The fourth-order valence-electron chi connectivity index (χ4n) is 5.49. The first-order valence-corrected chi connectivity index (χ1v) is 10.3. The Balaban J connectivity index is 1.41. The molecular weight excluding hydrogens is 338 g/mol. The highest BCUT2D eigenvalue weighted by atomic mass is 16.2. The van der Waals surface area contributed by atoms with Gasteiger partial charge in [-0.05, 0) is 67.4 Å². The van der Waals surface area contributed by atoms with Crippen LogP contribution < -0.4 is 11.0 Å². The van der Waals surface area contributed by atoms with Gasteiger partial charge in [-0.15, -0.1) is 0 Å². The first kappa shape index (κ1) is 17.0. The minimum Gasteiger partial charge on any atom is -0.273 e. The van der Waals surface area contributed by atoms with Crippen molar-refractivity contribution in [3.63, 3.8) is 0 Å². The number of carbonyl (C=O) groups excluding carboxylic acids is 1. The third-order valence-electron chi connectivity index (χ3n) is 7.43. The zero-order chi connectivity index (χ0) is 18.8. The molecule has 2 bridgehead atoms. The predicted molar refractivity (Wildman–Crippen MR) is 105 cm³/mol. The van der Waals surface area contributed by atoms with Crippen LogP contribution in [0.15, 0.2) is 29.1 Å². The van der Waals surface area contributed by atoms with Gasteiger partial charge >= 0.3 is 0 Å². The van der Waals surface area contributed by atoms with Gasteiger partial charge < -0.3 is 0 Å². The zero-order valence-electron chi connectivity index (χ0n) is 16.1. The van der Waals surface area contributed by atoms with Crippen molar-refractivity contribution >= 4 is 16.8 Å². The van der Waals surface area contributed by atoms with Crippen molar-refractivity contribution in [2.24, 2.45) is 23.2 Å². The summed E-state index contributed by atoms with van der Waals surface area (Å²) in [7, 11) is 0. The lowest BCUT2D eigenvalue weighted by Crippen LogP contribution is -2.53. The molecule has 2 aromatic rings. The van der Waals surface area contributed by atoms with E-state index in [1.807, 2.05) is 18.2 Å². The van der Waals surface area contributed by atoms with E-state index < -0.39 is 0 Å². The molecule has 0 spiro atoms. The number of carbonyl (C=O) groups is 1. The van der Waals surface area contributed by atoms with Crippen molar-refractivity contribution in [3.8, 4) is 0 Å². The van der Waals surface area contributed by atoms with Crippen LogP contribution in [0.4, 0.5) is 0 Å². The second kappa shape index (κ2) is 5.91. The van der Waals surface area contributed by atoms with Crippen LogP contribution in [0.1, 0.15) is 64.1 Å². The SMILES string of the molecule is CC1(C)[C@H]2CC[C@@H](CC(=O)Nn3c(C4CC4)nc4ccccc4c3=O)[C@@H]1C2. The summed E-state index contributed by atoms with van der Waals surface area (Å²) in [6.45, 7) is 4.69. The Hall–Kier alpha value is -2.17. The number of amides is 1. The van der Waals surface area contributed by atoms with Gasteiger partial charge in [0.1, 0.15) is 5.82 Å². The molecule has 1 N–H and O–H groups in total. The van der Waals surface area contributed by atoms with E-state index in [4.69, 9.17) is 4.98 Å². The molecule has 5 heteroatoms. The van der Waals surface area contributed by atoms with Crippen LogP contribution in [-0.2, 0) is 4.79 Å². The molecule has 1 aromatic heterocycles. The topological polar surface area (TPSA) is 64.0 Å². The van der Waals surface area contributed by atoms with Crippen molar-refractivity contribution in [2.45, 2.75) is 58.3 Å². The molecule has 0 radical (unpaired) electrons. The number of hydrogen-bond donors (Lipinski definition) is 1. The molecule has 5 nitrogen and oxygen atoms in total. The first-order chi connectivity index (χ1) is 12.9. The highest BCUT2D eigenvalue weighted by Gasteiger charge is 2.54. The van der Waals surface area contributed by atoms with Crippen LogP contribution in [0, 0.1) is 23.2 Å². The van der Waals surface area contributed by atoms with Crippen LogP contribution in [0.2, 0.25) is 0 Å². The van der Waals surface area contributed by atoms with E-state index >= 15 is 0 Å². The zero-order valence-corrected chi connectivity index (χ0v) is 16.1. The van der Waals surface area contributed by atoms with Crippen molar-refractivity contribution in [3.05, 3.63) is 40.4 Å². The van der Waals surface area contributed by atoms with Gasteiger partial charge in [0.05, 0.1) is 10.9 Å². The first-order valence-electron chi connectivity index (χ1n) is 10.3. The van der Waals surface area contributed by atoms with Crippen molar-refractivity contribution in [2.75, 3.05) is 5.43 Å². The molecule has 4 aliphatic rings. The molecule has 4 saturated carbocycles. The number of nitrogens with zero attached hydrogens (tertiary/aromatic N) is 2. The molecule has 1 heterocycles. The number of aromatic nitrogens is 2. The number of rotatable bonds is 4. The molecule has 0 saturated heterocycles. The third-order valence-corrected chi connectivity index (χ3v) is 7.43. The maximum Gasteiger partial charge on any atom is 0.280 e. The van der Waals surface area contributed by atoms with Crippen LogP contribution in [0.25, 0.3) is 10.9 Å². The van der Waals surface area contributed by atoms with Gasteiger partial charge in [0.2, 0.25) is 5.91 Å². The Morgan fingerprint density at radius 2 is 2.00 bits per heavy atom. The predicted octanol–water partition coefficient (Wildman–Crippen LogP) is 3.81. The Bertz CT molecular complexity index is 971. The van der Waals surface area contributed by atoms with Gasteiger partial charge in [0.15, 0.2) is 0 Å². The van der Waals surface area contributed by atoms with Gasteiger partial charge in [-0.3, -0.25) is 15.0 Å². The van der Waals surface area contributed by atoms with Crippen LogP contribution in [0.5, 0.6) is 0 Å². The lowest BCUT2D eigenvalue weighted by molar-refractivity contribution is -0.129. The summed E-state index contributed by atoms with van der Waals surface area (Å²) in [6.07, 6.45) is 6.18. The summed E-state index contributed by atoms with van der Waals surface area (Å²) < 4.78 is 1.43. The summed E-state index contributed by atoms with van der Waals surface area (Å²) in [5.74, 6) is 2.83. The fraction of sp³-hybridized carbons (Fsp3) is 0.591. The van der Waals surface area contributed by atoms with Gasteiger partial charge in [0, 0.05) is 12.3 Å². The van der Waals surface area contributed by atoms with Gasteiger partial charge in [-0.1, -0.05) is 26.0 Å². The van der Waals surface area contributed by atoms with E-state index in [1.165, 1.54) is 17.5 Å². The fourth-order valence-corrected chi connectivity index (χ4v) is 5.49. The van der Waals surface area contributed by atoms with Gasteiger partial charge in [-0.25, -0.2) is 9.66 Å². The van der Waals surface area contributed by atoms with E-state index in [2.05, 4.69) is 19.3 Å². The Labute approximate surface area is 159 Å². The van der Waals surface area contributed by atoms with Crippen molar-refractivity contribution in [1.82, 2.24) is 9.66 Å². The van der Waals surface area contributed by atoms with Gasteiger partial charge in [0.25, 0.3) is 5.56 Å². The summed E-state index contributed by atoms with van der Waals surface area (Å²) in [5.41, 5.74) is 3.82. The Kier molecular flexibility index (Phi) is 3.72. The summed E-state index contributed by atoms with van der Waals surface area (Å²) in [6, 6.07) is 7.38. The normalized spacial score (nSPS) is 28.6. The number of hydrogen-bond acceptors (Lipinski definition) is 3. The van der Waals surface area contributed by atoms with Gasteiger partial charge in [-0.2, -0.15) is 0 Å². The molecule has 0 unspecified atom stereocenters. The number of para-hydroxylation sites is 1. The smallest absolute Gasteiger partial charge is 0.273 e. The van der Waals surface area contributed by atoms with E-state index in [0.29, 0.717) is 40.4 Å². The summed E-state index contributed by atoms with van der Waals surface area (Å²) in [5, 5.41) is 0.558. The average Bonchev–Trinajstić information content (AvgIpc) is 3.49. The lowest BCUT2D eigenvalue weighted by Gasteiger charge is -2.60. The highest BCUT2D eigenvalue weighted by molar-refractivity contribution is 5.85. The summed E-state index contributed by atoms with van der Waals surface area (Å²) >= 11 is 0. The Morgan fingerprint density at radius 3 is 2.70 bits per heavy atom. The minimum absolute atomic E-state index is 0.0535. The molecule has 1 aromatic carbocycles. The Morgan fingerprint density at radius 1 is 1.22 bits per heavy atom. The molecule has 4 fully saturated rings. The summed E-state index contributed by atoms with van der Waals surface area (Å²) in [4.78, 5) is 30.5. The van der Waals surface area contributed by atoms with Crippen LogP contribution >= 0.6 is 0 Å². The third kappa shape index (κ3) is 2.70. The number of benzene rings is 1. The van der Waals surface area contributed by atoms with E-state index in [-0.39, 0.29) is 17.4 Å². The van der Waals surface area contributed by atoms with Crippen LogP contribution in [0.3, 0.4) is 0 Å². The molecular formula is C22H27N3O2. The van der Waals surface area contributed by atoms with E-state index in [0.717, 1.165) is 25.2 Å². The minimum atomic E-state index is -0.163. The maximum atomic E-state index is 13.0. The highest BCUT2D eigenvalue weighted by Crippen LogP contribution is 2.61. The molecule has 4 aliphatic carbocycles. The molecule has 3 atom stereocenters. The number of fused-ring (bicyclic) bond motifs is 3. The van der Waals surface area contributed by atoms with E-state index in [9.17, 15) is 9.59 Å². The quantitative estimate of drug-likeness (QED) is 0.896. The molecule has 142 valence electrons. The van der Waals surface area contributed by atoms with Crippen molar-refractivity contribution < 1.29 is 4.79 Å². The molecule has 0 aliphatic heterocycles. The second-order valence-corrected chi connectivity index (χ2v) is 9.34. The molecule has 27 heavy (non-hydrogen) atoms. The average molecular weight is 365 g/mol.